The van der Waals surface area contributed by atoms with E-state index in [-0.39, 0.29) is 0 Å². The Balaban J connectivity index is 1.37. The maximum absolute atomic E-state index is 6.19. The maximum atomic E-state index is 6.19. The third-order valence-electron chi connectivity index (χ3n) is 7.63. The van der Waals surface area contributed by atoms with Gasteiger partial charge in [-0.05, 0) is 75.9 Å². The van der Waals surface area contributed by atoms with Crippen molar-refractivity contribution in [1.82, 2.24) is 0 Å². The number of furan rings is 1. The lowest BCUT2D eigenvalue weighted by Crippen LogP contribution is -2.06. The Kier molecular flexibility index (Phi) is 5.06. The summed E-state index contributed by atoms with van der Waals surface area (Å²) in [6.07, 6.45) is 9.07. The minimum Gasteiger partial charge on any atom is -0.457 e. The highest BCUT2D eigenvalue weighted by atomic mass is 16.3. The highest BCUT2D eigenvalue weighted by molar-refractivity contribution is 5.96. The van der Waals surface area contributed by atoms with E-state index in [0.717, 1.165) is 34.3 Å². The van der Waals surface area contributed by atoms with Gasteiger partial charge in [0, 0.05) is 10.9 Å². The third kappa shape index (κ3) is 3.66. The van der Waals surface area contributed by atoms with Crippen LogP contribution in [0.15, 0.2) is 83.3 Å². The van der Waals surface area contributed by atoms with E-state index in [9.17, 15) is 0 Å². The highest BCUT2D eigenvalue weighted by Crippen LogP contribution is 2.33. The Bertz CT molecular complexity index is 1450. The monoisotopic (exact) mass is 430 g/mol. The van der Waals surface area contributed by atoms with Crippen LogP contribution in [0.2, 0.25) is 0 Å². The van der Waals surface area contributed by atoms with Crippen LogP contribution in [0, 0.1) is 5.92 Å². The van der Waals surface area contributed by atoms with E-state index in [1.165, 1.54) is 77.1 Å². The Morgan fingerprint density at radius 1 is 0.848 bits per heavy atom. The minimum absolute atomic E-state index is 0.743. The lowest BCUT2D eigenvalue weighted by molar-refractivity contribution is 0.504. The Morgan fingerprint density at radius 2 is 1.61 bits per heavy atom. The van der Waals surface area contributed by atoms with Gasteiger partial charge in [-0.2, -0.15) is 0 Å². The van der Waals surface area contributed by atoms with Gasteiger partial charge in [-0.25, -0.2) is 0 Å². The molecule has 0 saturated heterocycles. The van der Waals surface area contributed by atoms with Gasteiger partial charge in [0.05, 0.1) is 0 Å². The van der Waals surface area contributed by atoms with Crippen molar-refractivity contribution in [3.8, 4) is 11.1 Å². The molecule has 164 valence electrons. The lowest BCUT2D eigenvalue weighted by atomic mass is 9.96. The van der Waals surface area contributed by atoms with Gasteiger partial charge < -0.3 is 4.42 Å². The minimum atomic E-state index is 0.743. The molecule has 0 aliphatic heterocycles. The van der Waals surface area contributed by atoms with Crippen molar-refractivity contribution in [2.75, 3.05) is 0 Å². The summed E-state index contributed by atoms with van der Waals surface area (Å²) in [6.45, 7) is 8.62. The van der Waals surface area contributed by atoms with Crippen LogP contribution in [0.3, 0.4) is 0 Å². The summed E-state index contributed by atoms with van der Waals surface area (Å²) in [5.74, 6) is 0.934. The van der Waals surface area contributed by atoms with Crippen molar-refractivity contribution in [2.45, 2.75) is 44.9 Å². The van der Waals surface area contributed by atoms with Crippen molar-refractivity contribution >= 4 is 23.1 Å². The van der Waals surface area contributed by atoms with Gasteiger partial charge in [0.25, 0.3) is 0 Å². The molecule has 1 fully saturated rings. The summed E-state index contributed by atoms with van der Waals surface area (Å²) < 4.78 is 6.19. The van der Waals surface area contributed by atoms with E-state index >= 15 is 0 Å². The van der Waals surface area contributed by atoms with Gasteiger partial charge in [0.2, 0.25) is 0 Å². The molecule has 0 N–H and O–H groups in total. The molecule has 1 saturated carbocycles. The fourth-order valence-electron chi connectivity index (χ4n) is 5.91. The fraction of sp³-hybridized carbons (Fsp3) is 0.250. The average molecular weight is 431 g/mol. The first kappa shape index (κ1) is 20.3. The van der Waals surface area contributed by atoms with Crippen LogP contribution in [-0.2, 0) is 12.8 Å². The average Bonchev–Trinajstić information content (AvgIpc) is 3.53. The second-order valence-corrected chi connectivity index (χ2v) is 9.81. The summed E-state index contributed by atoms with van der Waals surface area (Å²) in [4.78, 5) is 0. The van der Waals surface area contributed by atoms with Crippen molar-refractivity contribution < 1.29 is 4.42 Å². The van der Waals surface area contributed by atoms with Crippen LogP contribution in [0.4, 0.5) is 0 Å². The normalized spacial score (nSPS) is 16.1. The molecule has 0 unspecified atom stereocenters. The van der Waals surface area contributed by atoms with E-state index in [1.807, 2.05) is 0 Å². The van der Waals surface area contributed by atoms with Crippen LogP contribution in [0.5, 0.6) is 0 Å². The molecule has 6 rings (SSSR count). The Labute approximate surface area is 195 Å². The molecule has 0 radical (unpaired) electrons. The smallest absolute Gasteiger partial charge is 0.136 e. The molecular formula is C32H30O. The molecule has 0 amide bonds. The van der Waals surface area contributed by atoms with Crippen LogP contribution >= 0.6 is 0 Å². The molecule has 1 nitrogen and oxygen atoms in total. The van der Waals surface area contributed by atoms with Crippen LogP contribution in [0.25, 0.3) is 34.2 Å². The van der Waals surface area contributed by atoms with Gasteiger partial charge in [-0.3, -0.25) is 0 Å². The predicted octanol–water partition coefficient (Wildman–Crippen LogP) is 6.94. The first-order chi connectivity index (χ1) is 16.2. The standard InChI is InChI=1S/C32H30O/c1-21-18-27-19-29-30(20-28(27)31(21)25-10-4-3-5-11-25)33-22(2)32(29)26-16-14-24(15-17-26)13-12-23-8-6-7-9-23/h3-5,10-11,14-17,19-20,23H,1-2,6-9,12-13,18H2. The second-order valence-electron chi connectivity index (χ2n) is 9.81. The highest BCUT2D eigenvalue weighted by Gasteiger charge is 2.21. The number of aryl methyl sites for hydroxylation is 1. The fourth-order valence-corrected chi connectivity index (χ4v) is 5.91. The summed E-state index contributed by atoms with van der Waals surface area (Å²) >= 11 is 0. The van der Waals surface area contributed by atoms with E-state index < -0.39 is 0 Å². The molecule has 0 bridgehead atoms. The number of hydrogen-bond acceptors (Lipinski definition) is 1. The van der Waals surface area contributed by atoms with Crippen LogP contribution in [0.1, 0.15) is 48.8 Å². The zero-order valence-electron chi connectivity index (χ0n) is 19.2. The number of rotatable bonds is 5. The summed E-state index contributed by atoms with van der Waals surface area (Å²) in [6, 6.07) is 24.1. The van der Waals surface area contributed by atoms with E-state index in [2.05, 4.69) is 79.9 Å². The van der Waals surface area contributed by atoms with E-state index in [1.54, 1.807) is 0 Å². The summed E-state index contributed by atoms with van der Waals surface area (Å²) in [5, 5.41) is 2.39. The molecule has 4 aromatic rings. The summed E-state index contributed by atoms with van der Waals surface area (Å²) in [7, 11) is 0. The second kappa shape index (κ2) is 8.23. The van der Waals surface area contributed by atoms with Gasteiger partial charge in [0.15, 0.2) is 0 Å². The maximum Gasteiger partial charge on any atom is 0.136 e. The number of benzene rings is 3. The zero-order valence-corrected chi connectivity index (χ0v) is 19.2. The number of fused-ring (bicyclic) bond motifs is 2. The molecule has 2 aliphatic rings. The van der Waals surface area contributed by atoms with Gasteiger partial charge in [-0.15, -0.1) is 0 Å². The molecule has 0 spiro atoms. The summed E-state index contributed by atoms with van der Waals surface area (Å²) in [5.41, 5.74) is 10.3. The van der Waals surface area contributed by atoms with Crippen molar-refractivity contribution in [3.05, 3.63) is 106 Å². The van der Waals surface area contributed by atoms with E-state index in [4.69, 9.17) is 4.42 Å². The lowest BCUT2D eigenvalue weighted by Gasteiger charge is -2.09. The molecular weight excluding hydrogens is 400 g/mol. The van der Waals surface area contributed by atoms with Gasteiger partial charge >= 0.3 is 0 Å². The first-order valence-electron chi connectivity index (χ1n) is 12.3. The number of hydrogen-bond donors (Lipinski definition) is 0. The molecule has 1 heterocycles. The molecule has 0 atom stereocenters. The SMILES string of the molecule is C=C1Cc2cc3c(-c4ccc(CCC5CCCC5)cc4)c(=C)oc3cc2=C1c1ccccc1. The molecule has 2 aliphatic carbocycles. The third-order valence-corrected chi connectivity index (χ3v) is 7.63. The molecule has 1 aromatic heterocycles. The number of allylic oxidation sites excluding steroid dienone is 1. The Hall–Kier alpha value is -3.32. The van der Waals surface area contributed by atoms with E-state index in [0.29, 0.717) is 0 Å². The zero-order chi connectivity index (χ0) is 22.4. The molecule has 3 aromatic carbocycles. The molecule has 33 heavy (non-hydrogen) atoms. The largest absolute Gasteiger partial charge is 0.457 e. The van der Waals surface area contributed by atoms with Gasteiger partial charge in [-0.1, -0.05) is 93.4 Å². The van der Waals surface area contributed by atoms with Crippen LogP contribution in [-0.4, -0.2) is 0 Å². The van der Waals surface area contributed by atoms with Gasteiger partial charge in [0.1, 0.15) is 11.0 Å². The molecule has 1 heteroatoms. The topological polar surface area (TPSA) is 13.1 Å². The first-order valence-corrected chi connectivity index (χ1v) is 12.3. The van der Waals surface area contributed by atoms with Crippen molar-refractivity contribution in [2.24, 2.45) is 5.92 Å². The quantitative estimate of drug-likeness (QED) is 0.334. The Morgan fingerprint density at radius 3 is 2.36 bits per heavy atom. The van der Waals surface area contributed by atoms with Crippen molar-refractivity contribution in [1.29, 1.82) is 0 Å². The predicted molar refractivity (Wildman–Crippen MR) is 138 cm³/mol. The van der Waals surface area contributed by atoms with Crippen molar-refractivity contribution in [3.63, 3.8) is 0 Å². The van der Waals surface area contributed by atoms with Crippen LogP contribution < -0.4 is 10.6 Å².